The van der Waals surface area contributed by atoms with Crippen LogP contribution in [0.3, 0.4) is 0 Å². The van der Waals surface area contributed by atoms with Gasteiger partial charge in [0.2, 0.25) is 5.91 Å². The number of piperazine rings is 1. The lowest BCUT2D eigenvalue weighted by molar-refractivity contribution is -0.384. The number of nitro groups is 1. The lowest BCUT2D eigenvalue weighted by atomic mass is 9.99. The van der Waals surface area contributed by atoms with Gasteiger partial charge < -0.3 is 15.1 Å². The number of amides is 2. The van der Waals surface area contributed by atoms with Crippen molar-refractivity contribution in [2.75, 3.05) is 56.2 Å². The molecule has 0 bridgehead atoms. The monoisotopic (exact) mass is 826 g/mol. The average molecular weight is 827 g/mol. The third kappa shape index (κ3) is 10.9. The zero-order valence-corrected chi connectivity index (χ0v) is 33.9. The molecule has 5 aromatic rings. The average Bonchev–Trinajstić information content (AvgIpc) is 3.21. The maximum Gasteiger partial charge on any atom is 0.293 e. The van der Waals surface area contributed by atoms with Crippen LogP contribution < -0.4 is 14.9 Å². The highest BCUT2D eigenvalue weighted by Crippen LogP contribution is 2.31. The highest BCUT2D eigenvalue weighted by Gasteiger charge is 2.26. The second-order valence-electron chi connectivity index (χ2n) is 13.8. The predicted molar refractivity (Wildman–Crippen MR) is 226 cm³/mol. The number of benzene rings is 5. The molecule has 0 aliphatic carbocycles. The largest absolute Gasteiger partial charge is 0.375 e. The molecule has 2 N–H and O–H groups in total. The van der Waals surface area contributed by atoms with E-state index in [-0.39, 0.29) is 23.6 Å². The number of hydrogen-bond donors (Lipinski definition) is 2. The molecule has 15 heteroatoms. The third-order valence-electron chi connectivity index (χ3n) is 9.61. The van der Waals surface area contributed by atoms with Crippen molar-refractivity contribution in [2.24, 2.45) is 0 Å². The highest BCUT2D eigenvalue weighted by molar-refractivity contribution is 7.99. The van der Waals surface area contributed by atoms with Gasteiger partial charge in [-0.25, -0.2) is 13.1 Å². The SMILES string of the molecule is CN(C)C(=O)C[C@H](CSc1ccccc1)Nc1ccc(S(=O)(=O)NC(=O)c2ccc(N3CCN(Cc4ccccc4-c4ccc(Cl)cc4)CC3)cc2)cc1[N+](=O)[O-]. The molecule has 0 saturated carbocycles. The molecule has 0 spiro atoms. The van der Waals surface area contributed by atoms with Crippen LogP contribution in [0.4, 0.5) is 17.1 Å². The van der Waals surface area contributed by atoms with Crippen LogP contribution in [0.2, 0.25) is 5.02 Å². The molecule has 296 valence electrons. The standard InChI is InChI=1S/C42H43ClN6O6S2/c1-46(2)41(50)26-34(29-56-36-9-4-3-5-10-36)44-39-21-20-37(27-40(39)49(52)53)57(54,55)45-42(51)31-14-18-35(19-15-31)48-24-22-47(23-25-48)28-32-8-6-7-11-38(32)30-12-16-33(43)17-13-30/h3-21,27,34,44H,22-26,28-29H2,1-2H3,(H,45,51)/t34-/m1/s1. The zero-order chi connectivity index (χ0) is 40.5. The molecule has 2 amide bonds. The van der Waals surface area contributed by atoms with Crippen molar-refractivity contribution < 1.29 is 22.9 Å². The second-order valence-corrected chi connectivity index (χ2v) is 17.0. The van der Waals surface area contributed by atoms with E-state index in [0.29, 0.717) is 10.8 Å². The molecule has 0 radical (unpaired) electrons. The number of sulfonamides is 1. The topological polar surface area (TPSA) is 145 Å². The van der Waals surface area contributed by atoms with Crippen molar-refractivity contribution in [1.82, 2.24) is 14.5 Å². The van der Waals surface area contributed by atoms with E-state index < -0.39 is 37.5 Å². The first-order valence-electron chi connectivity index (χ1n) is 18.3. The Hall–Kier alpha value is -5.41. The number of hydrogen-bond acceptors (Lipinski definition) is 10. The van der Waals surface area contributed by atoms with Gasteiger partial charge in [-0.2, -0.15) is 0 Å². The van der Waals surface area contributed by atoms with Crippen molar-refractivity contribution >= 4 is 62.3 Å². The van der Waals surface area contributed by atoms with Crippen LogP contribution >= 0.6 is 23.4 Å². The summed E-state index contributed by atoms with van der Waals surface area (Å²) in [5.41, 5.74) is 4.09. The van der Waals surface area contributed by atoms with E-state index in [1.54, 1.807) is 38.4 Å². The van der Waals surface area contributed by atoms with Gasteiger partial charge in [0.1, 0.15) is 5.69 Å². The third-order valence-corrected chi connectivity index (χ3v) is 12.4. The molecular formula is C42H43ClN6O6S2. The summed E-state index contributed by atoms with van der Waals surface area (Å²) in [7, 11) is -1.23. The minimum absolute atomic E-state index is 0.0506. The van der Waals surface area contributed by atoms with Gasteiger partial charge in [-0.1, -0.05) is 66.2 Å². The number of halogens is 1. The fourth-order valence-electron chi connectivity index (χ4n) is 6.47. The van der Waals surface area contributed by atoms with E-state index >= 15 is 0 Å². The molecule has 6 rings (SSSR count). The van der Waals surface area contributed by atoms with Gasteiger partial charge in [0, 0.05) is 92.3 Å². The van der Waals surface area contributed by atoms with Crippen molar-refractivity contribution in [3.63, 3.8) is 0 Å². The molecule has 0 unspecified atom stereocenters. The first-order chi connectivity index (χ1) is 27.4. The normalized spacial score (nSPS) is 13.8. The number of thioether (sulfide) groups is 1. The summed E-state index contributed by atoms with van der Waals surface area (Å²) in [5, 5.41) is 15.9. The Balaban J connectivity index is 1.07. The first-order valence-corrected chi connectivity index (χ1v) is 21.1. The summed E-state index contributed by atoms with van der Waals surface area (Å²) in [4.78, 5) is 43.8. The molecule has 1 fully saturated rings. The molecule has 5 aromatic carbocycles. The Morgan fingerprint density at radius 1 is 0.877 bits per heavy atom. The van der Waals surface area contributed by atoms with Crippen molar-refractivity contribution in [3.05, 3.63) is 148 Å². The number of rotatable bonds is 15. The molecule has 1 aliphatic rings. The summed E-state index contributed by atoms with van der Waals surface area (Å²) < 4.78 is 28.7. The number of nitro benzene ring substituents is 1. The smallest absolute Gasteiger partial charge is 0.293 e. The van der Waals surface area contributed by atoms with Crippen molar-refractivity contribution in [1.29, 1.82) is 0 Å². The number of nitrogens with one attached hydrogen (secondary N) is 2. The summed E-state index contributed by atoms with van der Waals surface area (Å²) >= 11 is 7.59. The van der Waals surface area contributed by atoms with Gasteiger partial charge >= 0.3 is 0 Å². The van der Waals surface area contributed by atoms with Gasteiger partial charge in [-0.15, -0.1) is 11.8 Å². The van der Waals surface area contributed by atoms with Gasteiger partial charge in [-0.05, 0) is 77.4 Å². The minimum Gasteiger partial charge on any atom is -0.375 e. The molecule has 1 atom stereocenters. The Morgan fingerprint density at radius 3 is 2.21 bits per heavy atom. The molecule has 12 nitrogen and oxygen atoms in total. The summed E-state index contributed by atoms with van der Waals surface area (Å²) in [5.74, 6) is -0.632. The second kappa shape index (κ2) is 18.7. The highest BCUT2D eigenvalue weighted by atomic mass is 35.5. The summed E-state index contributed by atoms with van der Waals surface area (Å²) in [6, 6.07) is 35.3. The van der Waals surface area contributed by atoms with E-state index in [0.717, 1.165) is 54.9 Å². The van der Waals surface area contributed by atoms with Gasteiger partial charge in [0.25, 0.3) is 21.6 Å². The van der Waals surface area contributed by atoms with Gasteiger partial charge in [-0.3, -0.25) is 24.6 Å². The van der Waals surface area contributed by atoms with Crippen LogP contribution in [-0.2, 0) is 21.4 Å². The molecule has 0 aromatic heterocycles. The van der Waals surface area contributed by atoms with Crippen LogP contribution in [0.1, 0.15) is 22.3 Å². The van der Waals surface area contributed by atoms with E-state index in [2.05, 4.69) is 27.2 Å². The number of carbonyl (C=O) groups is 2. The fraction of sp³-hybridized carbons (Fsp3) is 0.238. The summed E-state index contributed by atoms with van der Waals surface area (Å²) in [6.45, 7) is 4.00. The van der Waals surface area contributed by atoms with E-state index in [1.807, 2.05) is 71.5 Å². The van der Waals surface area contributed by atoms with Crippen molar-refractivity contribution in [2.45, 2.75) is 28.8 Å². The lowest BCUT2D eigenvalue weighted by Crippen LogP contribution is -2.46. The molecule has 1 aliphatic heterocycles. The molecular weight excluding hydrogens is 784 g/mol. The molecule has 1 saturated heterocycles. The summed E-state index contributed by atoms with van der Waals surface area (Å²) in [6.07, 6.45) is 0.0515. The zero-order valence-electron chi connectivity index (χ0n) is 31.5. The van der Waals surface area contributed by atoms with Crippen LogP contribution in [0, 0.1) is 10.1 Å². The lowest BCUT2D eigenvalue weighted by Gasteiger charge is -2.36. The van der Waals surface area contributed by atoms with Crippen molar-refractivity contribution in [3.8, 4) is 11.1 Å². The number of nitrogens with zero attached hydrogens (tertiary/aromatic N) is 4. The predicted octanol–water partition coefficient (Wildman–Crippen LogP) is 7.41. The van der Waals surface area contributed by atoms with Crippen LogP contribution in [-0.4, -0.2) is 87.0 Å². The van der Waals surface area contributed by atoms with E-state index in [9.17, 15) is 28.1 Å². The Bertz CT molecular complexity index is 2300. The first kappa shape index (κ1) is 41.2. The Morgan fingerprint density at radius 2 is 1.54 bits per heavy atom. The van der Waals surface area contributed by atoms with Gasteiger partial charge in [0.15, 0.2) is 0 Å². The van der Waals surface area contributed by atoms with Crippen LogP contribution in [0.15, 0.2) is 131 Å². The minimum atomic E-state index is -4.49. The molecule has 1 heterocycles. The maximum atomic E-state index is 13.3. The maximum absolute atomic E-state index is 13.3. The van der Waals surface area contributed by atoms with Crippen LogP contribution in [0.25, 0.3) is 11.1 Å². The van der Waals surface area contributed by atoms with E-state index in [4.69, 9.17) is 11.6 Å². The quantitative estimate of drug-likeness (QED) is 0.0622. The molecule has 57 heavy (non-hydrogen) atoms. The Labute approximate surface area is 342 Å². The Kier molecular flexibility index (Phi) is 13.5. The number of anilines is 2. The van der Waals surface area contributed by atoms with Gasteiger partial charge in [0.05, 0.1) is 9.82 Å². The van der Waals surface area contributed by atoms with Crippen LogP contribution in [0.5, 0.6) is 0 Å². The number of carbonyl (C=O) groups excluding carboxylic acids is 2. The fourth-order valence-corrected chi connectivity index (χ4v) is 8.53. The van der Waals surface area contributed by atoms with E-state index in [1.165, 1.54) is 39.9 Å².